The number of urea groups is 1. The Kier molecular flexibility index (Phi) is 6.87. The van der Waals surface area contributed by atoms with Crippen molar-refractivity contribution in [3.05, 3.63) is 0 Å². The minimum absolute atomic E-state index is 0.301. The first-order valence-corrected chi connectivity index (χ1v) is 6.91. The topological polar surface area (TPSA) is 69.6 Å². The maximum atomic E-state index is 12.1. The second-order valence-electron chi connectivity index (χ2n) is 6.14. The van der Waals surface area contributed by atoms with Gasteiger partial charge in [0, 0.05) is 13.1 Å². The maximum Gasteiger partial charge on any atom is 0.326 e. The Bertz CT molecular complexity index is 310. The third kappa shape index (κ3) is 5.94. The molecule has 0 spiro atoms. The second-order valence-corrected chi connectivity index (χ2v) is 6.14. The Labute approximate surface area is 116 Å². The number of amides is 2. The van der Waals surface area contributed by atoms with E-state index in [9.17, 15) is 14.7 Å². The average molecular weight is 272 g/mol. The van der Waals surface area contributed by atoms with Gasteiger partial charge in [0.25, 0.3) is 0 Å². The van der Waals surface area contributed by atoms with Gasteiger partial charge in [-0.25, -0.2) is 9.59 Å². The van der Waals surface area contributed by atoms with Crippen molar-refractivity contribution < 1.29 is 14.7 Å². The predicted molar refractivity (Wildman–Crippen MR) is 76.1 cm³/mol. The van der Waals surface area contributed by atoms with E-state index >= 15 is 0 Å². The van der Waals surface area contributed by atoms with E-state index in [0.717, 1.165) is 6.42 Å². The van der Waals surface area contributed by atoms with Crippen molar-refractivity contribution in [1.29, 1.82) is 0 Å². The molecule has 0 aliphatic carbocycles. The van der Waals surface area contributed by atoms with Crippen LogP contribution in [0.25, 0.3) is 0 Å². The molecule has 0 fully saturated rings. The molecule has 0 aromatic heterocycles. The number of aliphatic carboxylic acids is 1. The van der Waals surface area contributed by atoms with Gasteiger partial charge in [0.2, 0.25) is 0 Å². The summed E-state index contributed by atoms with van der Waals surface area (Å²) < 4.78 is 0. The highest BCUT2D eigenvalue weighted by Crippen LogP contribution is 2.19. The summed E-state index contributed by atoms with van der Waals surface area (Å²) >= 11 is 0. The maximum absolute atomic E-state index is 12.1. The molecule has 0 saturated heterocycles. The van der Waals surface area contributed by atoms with Crippen LogP contribution in [0, 0.1) is 11.3 Å². The Morgan fingerprint density at radius 3 is 2.11 bits per heavy atom. The molecule has 2 amide bonds. The summed E-state index contributed by atoms with van der Waals surface area (Å²) in [6.45, 7) is 12.7. The van der Waals surface area contributed by atoms with Gasteiger partial charge >= 0.3 is 12.0 Å². The first-order valence-electron chi connectivity index (χ1n) is 6.91. The Morgan fingerprint density at radius 2 is 1.79 bits per heavy atom. The summed E-state index contributed by atoms with van der Waals surface area (Å²) in [6.07, 6.45) is 0.991. The number of carboxylic acids is 1. The third-order valence-corrected chi connectivity index (χ3v) is 3.28. The van der Waals surface area contributed by atoms with Gasteiger partial charge in [-0.2, -0.15) is 0 Å². The molecule has 0 aromatic rings. The molecular weight excluding hydrogens is 244 g/mol. The number of hydrogen-bond acceptors (Lipinski definition) is 2. The summed E-state index contributed by atoms with van der Waals surface area (Å²) in [5, 5.41) is 11.8. The van der Waals surface area contributed by atoms with Crippen LogP contribution in [0.5, 0.6) is 0 Å². The molecule has 0 aliphatic heterocycles. The predicted octanol–water partition coefficient (Wildman–Crippen LogP) is 2.56. The lowest BCUT2D eigenvalue weighted by atomic mass is 9.87. The number of carbonyl (C=O) groups is 2. The number of nitrogens with one attached hydrogen (secondary N) is 1. The summed E-state index contributed by atoms with van der Waals surface area (Å²) in [4.78, 5) is 25.0. The Balaban J connectivity index is 4.74. The molecule has 0 aromatic carbocycles. The fourth-order valence-electron chi connectivity index (χ4n) is 1.72. The largest absolute Gasteiger partial charge is 0.480 e. The fraction of sp³-hybridized carbons (Fsp3) is 0.857. The molecule has 1 unspecified atom stereocenters. The van der Waals surface area contributed by atoms with Gasteiger partial charge in [-0.15, -0.1) is 0 Å². The summed E-state index contributed by atoms with van der Waals surface area (Å²) in [5.74, 6) is -0.593. The van der Waals surface area contributed by atoms with Crippen molar-refractivity contribution in [2.24, 2.45) is 11.3 Å². The minimum atomic E-state index is -1.000. The van der Waals surface area contributed by atoms with Gasteiger partial charge in [-0.05, 0) is 18.3 Å². The van der Waals surface area contributed by atoms with Crippen molar-refractivity contribution >= 4 is 12.0 Å². The molecule has 2 N–H and O–H groups in total. The quantitative estimate of drug-likeness (QED) is 0.780. The molecule has 0 aliphatic rings. The molecule has 19 heavy (non-hydrogen) atoms. The average Bonchev–Trinajstić information content (AvgIpc) is 2.30. The molecular formula is C14H28N2O3. The summed E-state index contributed by atoms with van der Waals surface area (Å²) in [7, 11) is 0. The molecule has 112 valence electrons. The van der Waals surface area contributed by atoms with Crippen LogP contribution in [0.1, 0.15) is 48.0 Å². The van der Waals surface area contributed by atoms with Gasteiger partial charge < -0.3 is 15.3 Å². The Morgan fingerprint density at radius 1 is 1.26 bits per heavy atom. The normalized spacial score (nSPS) is 14.6. The van der Waals surface area contributed by atoms with Crippen LogP contribution >= 0.6 is 0 Å². The number of nitrogens with zero attached hydrogens (tertiary/aromatic N) is 1. The van der Waals surface area contributed by atoms with Crippen molar-refractivity contribution in [2.45, 2.75) is 54.0 Å². The van der Waals surface area contributed by atoms with E-state index in [1.165, 1.54) is 0 Å². The standard InChI is InChI=1S/C14H28N2O3/c1-7-10(3)9-16(8-2)13(19)15-11(12(17)18)14(4,5)6/h10-11H,7-9H2,1-6H3,(H,15,19)(H,17,18)/t10?,11-/m0/s1. The fourth-order valence-corrected chi connectivity index (χ4v) is 1.72. The first-order chi connectivity index (χ1) is 8.63. The smallest absolute Gasteiger partial charge is 0.326 e. The van der Waals surface area contributed by atoms with E-state index in [-0.39, 0.29) is 6.03 Å². The van der Waals surface area contributed by atoms with E-state index in [2.05, 4.69) is 19.2 Å². The van der Waals surface area contributed by atoms with Gasteiger partial charge in [0.05, 0.1) is 0 Å². The zero-order valence-electron chi connectivity index (χ0n) is 13.0. The van der Waals surface area contributed by atoms with Gasteiger partial charge in [0.1, 0.15) is 6.04 Å². The molecule has 0 bridgehead atoms. The second kappa shape index (κ2) is 7.36. The lowest BCUT2D eigenvalue weighted by molar-refractivity contribution is -0.142. The van der Waals surface area contributed by atoms with E-state index in [4.69, 9.17) is 0 Å². The molecule has 0 rings (SSSR count). The molecule has 0 radical (unpaired) electrons. The van der Waals surface area contributed by atoms with Crippen molar-refractivity contribution in [1.82, 2.24) is 10.2 Å². The SMILES string of the molecule is CCC(C)CN(CC)C(=O)N[C@@H](C(=O)O)C(C)(C)C. The first kappa shape index (κ1) is 17.7. The highest BCUT2D eigenvalue weighted by atomic mass is 16.4. The van der Waals surface area contributed by atoms with Gasteiger partial charge in [0.15, 0.2) is 0 Å². The van der Waals surface area contributed by atoms with Crippen molar-refractivity contribution in [3.63, 3.8) is 0 Å². The van der Waals surface area contributed by atoms with Crippen molar-refractivity contribution in [2.75, 3.05) is 13.1 Å². The zero-order valence-corrected chi connectivity index (χ0v) is 13.0. The van der Waals surface area contributed by atoms with Crippen LogP contribution in [-0.4, -0.2) is 41.1 Å². The third-order valence-electron chi connectivity index (χ3n) is 3.28. The van der Waals surface area contributed by atoms with Crippen LogP contribution < -0.4 is 5.32 Å². The molecule has 5 heteroatoms. The number of rotatable bonds is 6. The van der Waals surface area contributed by atoms with Crippen LogP contribution in [0.2, 0.25) is 0 Å². The van der Waals surface area contributed by atoms with Crippen LogP contribution in [-0.2, 0) is 4.79 Å². The van der Waals surface area contributed by atoms with E-state index in [1.807, 2.05) is 6.92 Å². The highest BCUT2D eigenvalue weighted by Gasteiger charge is 2.33. The van der Waals surface area contributed by atoms with Crippen LogP contribution in [0.15, 0.2) is 0 Å². The minimum Gasteiger partial charge on any atom is -0.480 e. The highest BCUT2D eigenvalue weighted by molar-refractivity contribution is 5.83. The van der Waals surface area contributed by atoms with E-state index in [1.54, 1.807) is 25.7 Å². The zero-order chi connectivity index (χ0) is 15.2. The molecule has 0 saturated carbocycles. The lowest BCUT2D eigenvalue weighted by Gasteiger charge is -2.31. The summed E-state index contributed by atoms with van der Waals surface area (Å²) in [5.41, 5.74) is -0.517. The van der Waals surface area contributed by atoms with Crippen molar-refractivity contribution in [3.8, 4) is 0 Å². The van der Waals surface area contributed by atoms with Gasteiger partial charge in [-0.1, -0.05) is 41.0 Å². The molecule has 0 heterocycles. The van der Waals surface area contributed by atoms with E-state index < -0.39 is 17.4 Å². The number of carboxylic acid groups (broad SMARTS) is 1. The van der Waals surface area contributed by atoms with Crippen LogP contribution in [0.3, 0.4) is 0 Å². The summed E-state index contributed by atoms with van der Waals surface area (Å²) in [6, 6.07) is -1.18. The molecule has 5 nitrogen and oxygen atoms in total. The monoisotopic (exact) mass is 272 g/mol. The Hall–Kier alpha value is -1.26. The number of carbonyl (C=O) groups excluding carboxylic acids is 1. The molecule has 2 atom stereocenters. The van der Waals surface area contributed by atoms with E-state index in [0.29, 0.717) is 19.0 Å². The van der Waals surface area contributed by atoms with Gasteiger partial charge in [-0.3, -0.25) is 0 Å². The number of hydrogen-bond donors (Lipinski definition) is 2. The van der Waals surface area contributed by atoms with Crippen LogP contribution in [0.4, 0.5) is 4.79 Å². The lowest BCUT2D eigenvalue weighted by Crippen LogP contribution is -2.53.